The van der Waals surface area contributed by atoms with Crippen molar-refractivity contribution in [2.24, 2.45) is 5.92 Å². The topological polar surface area (TPSA) is 78.9 Å². The Morgan fingerprint density at radius 2 is 2.33 bits per heavy atom. The van der Waals surface area contributed by atoms with Gasteiger partial charge in [0.15, 0.2) is 0 Å². The zero-order valence-corrected chi connectivity index (χ0v) is 10.7. The third-order valence-corrected chi connectivity index (χ3v) is 2.96. The molecule has 0 aromatic rings. The molecule has 1 rings (SSSR count). The summed E-state index contributed by atoms with van der Waals surface area (Å²) in [5.74, 6) is -0.111. The van der Waals surface area contributed by atoms with Gasteiger partial charge in [-0.05, 0) is 12.8 Å². The van der Waals surface area contributed by atoms with Gasteiger partial charge in [0.1, 0.15) is 6.23 Å². The first-order valence-corrected chi connectivity index (χ1v) is 6.01. The first-order valence-electron chi connectivity index (χ1n) is 6.01. The number of nitrogens with zero attached hydrogens (tertiary/aromatic N) is 1. The third kappa shape index (κ3) is 3.82. The molecule has 1 heterocycles. The summed E-state index contributed by atoms with van der Waals surface area (Å²) in [6.07, 6.45) is 4.28. The van der Waals surface area contributed by atoms with Gasteiger partial charge in [-0.15, -0.1) is 0 Å². The van der Waals surface area contributed by atoms with Crippen LogP contribution in [0.1, 0.15) is 19.8 Å². The molecule has 0 radical (unpaired) electrons. The molecule has 6 nitrogen and oxygen atoms in total. The average molecular weight is 256 g/mol. The molecule has 0 saturated carbocycles. The molecule has 0 aromatic carbocycles. The zero-order chi connectivity index (χ0) is 13.5. The van der Waals surface area contributed by atoms with Crippen LogP contribution in [-0.2, 0) is 14.3 Å². The van der Waals surface area contributed by atoms with Crippen LogP contribution in [0.4, 0.5) is 0 Å². The molecule has 1 saturated heterocycles. The molecule has 0 aliphatic carbocycles. The first kappa shape index (κ1) is 14.7. The van der Waals surface area contributed by atoms with E-state index in [2.05, 4.69) is 5.32 Å². The normalized spacial score (nSPS) is 27.4. The monoisotopic (exact) mass is 256 g/mol. The lowest BCUT2D eigenvalue weighted by Gasteiger charge is -2.24. The van der Waals surface area contributed by atoms with Gasteiger partial charge in [-0.2, -0.15) is 0 Å². The average Bonchev–Trinajstić information content (AvgIpc) is 2.71. The highest BCUT2D eigenvalue weighted by molar-refractivity contribution is 5.87. The minimum Gasteiger partial charge on any atom is -0.396 e. The van der Waals surface area contributed by atoms with Crippen molar-refractivity contribution in [1.29, 1.82) is 0 Å². The largest absolute Gasteiger partial charge is 0.396 e. The highest BCUT2D eigenvalue weighted by Crippen LogP contribution is 2.29. The summed E-state index contributed by atoms with van der Waals surface area (Å²) in [5, 5.41) is 11.3. The Morgan fingerprint density at radius 3 is 2.89 bits per heavy atom. The quantitative estimate of drug-likeness (QED) is 0.511. The number of amides is 2. The maximum atomic E-state index is 11.1. The van der Waals surface area contributed by atoms with Crippen LogP contribution in [0.25, 0.3) is 0 Å². The molecular formula is C12H20N2O4. The van der Waals surface area contributed by atoms with Gasteiger partial charge in [-0.1, -0.05) is 6.92 Å². The van der Waals surface area contributed by atoms with E-state index in [1.807, 2.05) is 6.92 Å². The van der Waals surface area contributed by atoms with E-state index in [-0.39, 0.29) is 30.8 Å². The van der Waals surface area contributed by atoms with E-state index in [1.165, 1.54) is 24.2 Å². The van der Waals surface area contributed by atoms with E-state index >= 15 is 0 Å². The highest BCUT2D eigenvalue weighted by atomic mass is 16.5. The molecule has 0 spiro atoms. The molecule has 18 heavy (non-hydrogen) atoms. The fraction of sp³-hybridized carbons (Fsp3) is 0.667. The maximum Gasteiger partial charge on any atom is 0.245 e. The number of hydrogen-bond acceptors (Lipinski definition) is 4. The van der Waals surface area contributed by atoms with Crippen LogP contribution >= 0.6 is 0 Å². The number of rotatable bonds is 6. The predicted octanol–water partition coefficient (Wildman–Crippen LogP) is -0.162. The molecule has 2 unspecified atom stereocenters. The fourth-order valence-electron chi connectivity index (χ4n) is 2.03. The molecule has 2 N–H and O–H groups in total. The Bertz CT molecular complexity index is 319. The number of aliphatic hydroxyl groups excluding tert-OH is 1. The maximum absolute atomic E-state index is 11.1. The van der Waals surface area contributed by atoms with E-state index in [4.69, 9.17) is 9.84 Å². The van der Waals surface area contributed by atoms with Crippen LogP contribution in [0.5, 0.6) is 0 Å². The van der Waals surface area contributed by atoms with Gasteiger partial charge in [0.05, 0.1) is 6.10 Å². The second-order valence-electron chi connectivity index (χ2n) is 4.36. The standard InChI is InChI=1S/C12H20N2O4/c1-9-7-10(4-6-15)18-12(9)14(8-16)5-3-11(17)13-2/h3,5,8-10,12,15H,4,6-7H2,1-2H3,(H,13,17)/b5-3-/t9-,10?,12?/m0/s1. The molecule has 0 bridgehead atoms. The van der Waals surface area contributed by atoms with E-state index in [0.717, 1.165) is 6.42 Å². The SMILES string of the molecule is CNC(=O)/C=C\N(C=O)C1OC(CCO)C[C@@H]1C. The zero-order valence-electron chi connectivity index (χ0n) is 10.7. The minimum absolute atomic E-state index is 0.0362. The lowest BCUT2D eigenvalue weighted by Crippen LogP contribution is -2.34. The van der Waals surface area contributed by atoms with Crippen molar-refractivity contribution in [3.05, 3.63) is 12.3 Å². The molecular weight excluding hydrogens is 236 g/mol. The Kier molecular flexibility index (Phi) is 5.80. The van der Waals surface area contributed by atoms with Crippen LogP contribution in [0.2, 0.25) is 0 Å². The summed E-state index contributed by atoms with van der Waals surface area (Å²) >= 11 is 0. The molecule has 1 aliphatic heterocycles. The molecule has 1 fully saturated rings. The van der Waals surface area contributed by atoms with Crippen LogP contribution in [0.15, 0.2) is 12.3 Å². The highest BCUT2D eigenvalue weighted by Gasteiger charge is 2.34. The number of nitrogens with one attached hydrogen (secondary N) is 1. The van der Waals surface area contributed by atoms with Gasteiger partial charge in [0.25, 0.3) is 0 Å². The minimum atomic E-state index is -0.375. The summed E-state index contributed by atoms with van der Waals surface area (Å²) in [6, 6.07) is 0. The van der Waals surface area contributed by atoms with Gasteiger partial charge in [0, 0.05) is 31.8 Å². The number of carbonyl (C=O) groups excluding carboxylic acids is 2. The fourth-order valence-corrected chi connectivity index (χ4v) is 2.03. The number of likely N-dealkylation sites (N-methyl/N-ethyl adjacent to an activating group) is 1. The van der Waals surface area contributed by atoms with Crippen molar-refractivity contribution < 1.29 is 19.4 Å². The van der Waals surface area contributed by atoms with Crippen molar-refractivity contribution in [1.82, 2.24) is 10.2 Å². The second kappa shape index (κ2) is 7.13. The van der Waals surface area contributed by atoms with Crippen LogP contribution in [0.3, 0.4) is 0 Å². The third-order valence-electron chi connectivity index (χ3n) is 2.96. The van der Waals surface area contributed by atoms with Crippen molar-refractivity contribution in [2.45, 2.75) is 32.1 Å². The lowest BCUT2D eigenvalue weighted by atomic mass is 10.0. The van der Waals surface area contributed by atoms with Crippen LogP contribution < -0.4 is 5.32 Å². The van der Waals surface area contributed by atoms with Gasteiger partial charge < -0.3 is 15.2 Å². The lowest BCUT2D eigenvalue weighted by molar-refractivity contribution is -0.128. The molecule has 2 amide bonds. The van der Waals surface area contributed by atoms with Gasteiger partial charge in [-0.3, -0.25) is 14.5 Å². The van der Waals surface area contributed by atoms with Crippen molar-refractivity contribution >= 4 is 12.3 Å². The predicted molar refractivity (Wildman–Crippen MR) is 65.3 cm³/mol. The summed E-state index contributed by atoms with van der Waals surface area (Å²) in [4.78, 5) is 23.4. The van der Waals surface area contributed by atoms with Crippen LogP contribution in [0, 0.1) is 5.92 Å². The van der Waals surface area contributed by atoms with Gasteiger partial charge in [-0.25, -0.2) is 0 Å². The summed E-state index contributed by atoms with van der Waals surface area (Å²) in [7, 11) is 1.52. The second-order valence-corrected chi connectivity index (χ2v) is 4.36. The molecule has 102 valence electrons. The van der Waals surface area contributed by atoms with E-state index < -0.39 is 0 Å². The Balaban J connectivity index is 2.62. The Morgan fingerprint density at radius 1 is 1.61 bits per heavy atom. The van der Waals surface area contributed by atoms with Crippen molar-refractivity contribution in [3.63, 3.8) is 0 Å². The number of aliphatic hydroxyl groups is 1. The number of carbonyl (C=O) groups is 2. The molecule has 1 aliphatic rings. The summed E-state index contributed by atoms with van der Waals surface area (Å²) in [6.45, 7) is 2.05. The molecule has 0 aromatic heterocycles. The number of hydrogen-bond donors (Lipinski definition) is 2. The van der Waals surface area contributed by atoms with E-state index in [9.17, 15) is 9.59 Å². The Hall–Kier alpha value is -1.40. The van der Waals surface area contributed by atoms with E-state index in [0.29, 0.717) is 12.8 Å². The summed E-state index contributed by atoms with van der Waals surface area (Å²) < 4.78 is 5.68. The van der Waals surface area contributed by atoms with Crippen LogP contribution in [-0.4, -0.2) is 48.3 Å². The van der Waals surface area contributed by atoms with Crippen molar-refractivity contribution in [2.75, 3.05) is 13.7 Å². The van der Waals surface area contributed by atoms with Crippen molar-refractivity contribution in [3.8, 4) is 0 Å². The van der Waals surface area contributed by atoms with Gasteiger partial charge in [0.2, 0.25) is 12.3 Å². The Labute approximate surface area is 107 Å². The molecule has 6 heteroatoms. The first-order chi connectivity index (χ1) is 8.62. The summed E-state index contributed by atoms with van der Waals surface area (Å²) in [5.41, 5.74) is 0. The van der Waals surface area contributed by atoms with E-state index in [1.54, 1.807) is 0 Å². The van der Waals surface area contributed by atoms with Gasteiger partial charge >= 0.3 is 0 Å². The number of ether oxygens (including phenoxy) is 1. The smallest absolute Gasteiger partial charge is 0.245 e. The molecule has 3 atom stereocenters.